The summed E-state index contributed by atoms with van der Waals surface area (Å²) in [4.78, 5) is 13.7. The lowest BCUT2D eigenvalue weighted by Crippen LogP contribution is -2.26. The number of carbonyl (C=O) groups is 1. The molecule has 4 rings (SSSR count). The molecule has 0 aliphatic carbocycles. The van der Waals surface area contributed by atoms with Gasteiger partial charge in [0.2, 0.25) is 0 Å². The van der Waals surface area contributed by atoms with E-state index in [0.717, 1.165) is 22.6 Å². The topological polar surface area (TPSA) is 41.9 Å². The number of hydrogen-bond acceptors (Lipinski definition) is 4. The van der Waals surface area contributed by atoms with E-state index in [1.54, 1.807) is 12.1 Å². The first-order chi connectivity index (χ1) is 12.8. The van der Waals surface area contributed by atoms with E-state index in [4.69, 9.17) is 9.84 Å². The molecule has 130 valence electrons. The maximum Gasteiger partial charge on any atom is 0.284 e. The van der Waals surface area contributed by atoms with Crippen LogP contribution in [-0.2, 0) is 0 Å². The minimum Gasteiger partial charge on any atom is -0.497 e. The third-order valence-electron chi connectivity index (χ3n) is 4.44. The Balaban J connectivity index is 1.73. The highest BCUT2D eigenvalue weighted by Gasteiger charge is 2.34. The Morgan fingerprint density at radius 2 is 1.96 bits per heavy atom. The smallest absolute Gasteiger partial charge is 0.284 e. The average Bonchev–Trinajstić information content (AvgIpc) is 3.38. The summed E-state index contributed by atoms with van der Waals surface area (Å²) < 4.78 is 5.36. The summed E-state index contributed by atoms with van der Waals surface area (Å²) in [6.07, 6.45) is 0.675. The molecular weight excluding hydrogens is 344 g/mol. The first kappa shape index (κ1) is 16.5. The van der Waals surface area contributed by atoms with Crippen LogP contribution in [0.5, 0.6) is 5.75 Å². The van der Waals surface area contributed by atoms with Crippen LogP contribution in [0.25, 0.3) is 0 Å². The summed E-state index contributed by atoms with van der Waals surface area (Å²) in [6, 6.07) is 21.4. The monoisotopic (exact) mass is 362 g/mol. The van der Waals surface area contributed by atoms with Crippen molar-refractivity contribution in [2.24, 2.45) is 5.10 Å². The molecule has 0 saturated carbocycles. The predicted octanol–water partition coefficient (Wildman–Crippen LogP) is 4.75. The normalized spacial score (nSPS) is 16.4. The van der Waals surface area contributed by atoms with Gasteiger partial charge in [-0.3, -0.25) is 4.79 Å². The van der Waals surface area contributed by atoms with Crippen LogP contribution in [0, 0.1) is 0 Å². The Morgan fingerprint density at radius 1 is 1.12 bits per heavy atom. The summed E-state index contributed by atoms with van der Waals surface area (Å²) in [5, 5.41) is 8.22. The zero-order chi connectivity index (χ0) is 17.9. The second-order valence-electron chi connectivity index (χ2n) is 6.04. The molecule has 1 atom stereocenters. The maximum atomic E-state index is 13.0. The van der Waals surface area contributed by atoms with Gasteiger partial charge in [0.15, 0.2) is 0 Å². The summed E-state index contributed by atoms with van der Waals surface area (Å²) in [6.45, 7) is 0. The number of carbonyl (C=O) groups excluding carboxylic acids is 1. The van der Waals surface area contributed by atoms with Crippen molar-refractivity contribution in [1.82, 2.24) is 5.01 Å². The summed E-state index contributed by atoms with van der Waals surface area (Å²) in [7, 11) is 1.65. The number of methoxy groups -OCH3 is 1. The Hall–Kier alpha value is -2.92. The van der Waals surface area contributed by atoms with Crippen molar-refractivity contribution in [2.45, 2.75) is 12.5 Å². The molecule has 26 heavy (non-hydrogen) atoms. The van der Waals surface area contributed by atoms with E-state index in [1.165, 1.54) is 11.3 Å². The molecule has 5 heteroatoms. The van der Waals surface area contributed by atoms with Gasteiger partial charge in [-0.25, -0.2) is 5.01 Å². The van der Waals surface area contributed by atoms with Crippen LogP contribution in [0.2, 0.25) is 0 Å². The van der Waals surface area contributed by atoms with Crippen molar-refractivity contribution in [3.8, 4) is 5.75 Å². The predicted molar refractivity (Wildman–Crippen MR) is 104 cm³/mol. The fourth-order valence-corrected chi connectivity index (χ4v) is 3.78. The molecule has 1 amide bonds. The number of hydrogen-bond donors (Lipinski definition) is 0. The fourth-order valence-electron chi connectivity index (χ4n) is 3.12. The average molecular weight is 362 g/mol. The standard InChI is InChI=1S/C21H18N2O2S/c1-25-17-10-5-9-16(13-17)19-14-18(15-7-3-2-4-8-15)22-23(19)21(24)20-11-6-12-26-20/h2-13,19H,14H2,1H3. The molecule has 1 aliphatic heterocycles. The molecule has 0 saturated heterocycles. The van der Waals surface area contributed by atoms with Crippen LogP contribution in [0.4, 0.5) is 0 Å². The third kappa shape index (κ3) is 3.13. The van der Waals surface area contributed by atoms with Crippen molar-refractivity contribution in [3.63, 3.8) is 0 Å². The van der Waals surface area contributed by atoms with Gasteiger partial charge in [0.25, 0.3) is 5.91 Å². The summed E-state index contributed by atoms with van der Waals surface area (Å²) in [5.74, 6) is 0.706. The van der Waals surface area contributed by atoms with Crippen molar-refractivity contribution in [2.75, 3.05) is 7.11 Å². The minimum atomic E-state index is -0.144. The van der Waals surface area contributed by atoms with Gasteiger partial charge < -0.3 is 4.74 Å². The van der Waals surface area contributed by atoms with Crippen LogP contribution < -0.4 is 4.74 Å². The van der Waals surface area contributed by atoms with Gasteiger partial charge in [0.1, 0.15) is 5.75 Å². The number of amides is 1. The lowest BCUT2D eigenvalue weighted by Gasteiger charge is -2.21. The highest BCUT2D eigenvalue weighted by atomic mass is 32.1. The van der Waals surface area contributed by atoms with E-state index in [2.05, 4.69) is 0 Å². The molecule has 2 heterocycles. The van der Waals surface area contributed by atoms with Crippen molar-refractivity contribution in [3.05, 3.63) is 88.1 Å². The number of rotatable bonds is 4. The van der Waals surface area contributed by atoms with Crippen LogP contribution in [-0.4, -0.2) is 23.7 Å². The van der Waals surface area contributed by atoms with E-state index in [-0.39, 0.29) is 11.9 Å². The second-order valence-corrected chi connectivity index (χ2v) is 6.98. The lowest BCUT2D eigenvalue weighted by atomic mass is 9.98. The largest absolute Gasteiger partial charge is 0.497 e. The van der Waals surface area contributed by atoms with Gasteiger partial charge >= 0.3 is 0 Å². The van der Waals surface area contributed by atoms with Crippen LogP contribution in [0.15, 0.2) is 77.2 Å². The molecule has 0 bridgehead atoms. The lowest BCUT2D eigenvalue weighted by molar-refractivity contribution is 0.0716. The number of benzene rings is 2. The van der Waals surface area contributed by atoms with Gasteiger partial charge in [0.05, 0.1) is 23.7 Å². The first-order valence-electron chi connectivity index (χ1n) is 8.40. The minimum absolute atomic E-state index is 0.0706. The molecule has 4 nitrogen and oxygen atoms in total. The molecule has 1 unspecified atom stereocenters. The summed E-state index contributed by atoms with van der Waals surface area (Å²) in [5.41, 5.74) is 2.98. The van der Waals surface area contributed by atoms with Gasteiger partial charge in [0, 0.05) is 6.42 Å². The molecule has 2 aromatic carbocycles. The molecule has 1 aromatic heterocycles. The highest BCUT2D eigenvalue weighted by Crippen LogP contribution is 2.35. The van der Waals surface area contributed by atoms with Gasteiger partial charge in [-0.2, -0.15) is 5.10 Å². The first-order valence-corrected chi connectivity index (χ1v) is 9.28. The van der Waals surface area contributed by atoms with Gasteiger partial charge in [-0.1, -0.05) is 48.5 Å². The van der Waals surface area contributed by atoms with Crippen LogP contribution >= 0.6 is 11.3 Å². The highest BCUT2D eigenvalue weighted by molar-refractivity contribution is 7.12. The van der Waals surface area contributed by atoms with E-state index in [9.17, 15) is 4.79 Å². The fraction of sp³-hybridized carbons (Fsp3) is 0.143. The molecular formula is C21H18N2O2S. The maximum absolute atomic E-state index is 13.0. The Labute approximate surface area is 156 Å². The Bertz CT molecular complexity index is 936. The number of thiophene rings is 1. The van der Waals surface area contributed by atoms with E-state index in [0.29, 0.717) is 11.3 Å². The van der Waals surface area contributed by atoms with Gasteiger partial charge in [-0.15, -0.1) is 11.3 Å². The molecule has 0 fully saturated rings. The van der Waals surface area contributed by atoms with Crippen LogP contribution in [0.3, 0.4) is 0 Å². The van der Waals surface area contributed by atoms with E-state index in [1.807, 2.05) is 72.1 Å². The molecule has 3 aromatic rings. The number of nitrogens with zero attached hydrogens (tertiary/aromatic N) is 2. The Kier molecular flexibility index (Phi) is 4.54. The van der Waals surface area contributed by atoms with E-state index < -0.39 is 0 Å². The molecule has 0 N–H and O–H groups in total. The third-order valence-corrected chi connectivity index (χ3v) is 5.29. The van der Waals surface area contributed by atoms with Crippen molar-refractivity contribution < 1.29 is 9.53 Å². The van der Waals surface area contributed by atoms with Crippen LogP contribution in [0.1, 0.15) is 33.3 Å². The zero-order valence-corrected chi connectivity index (χ0v) is 15.1. The van der Waals surface area contributed by atoms with Crippen molar-refractivity contribution in [1.29, 1.82) is 0 Å². The second kappa shape index (κ2) is 7.14. The molecule has 0 spiro atoms. The SMILES string of the molecule is COc1cccc(C2CC(c3ccccc3)=NN2C(=O)c2cccs2)c1. The molecule has 1 aliphatic rings. The number of ether oxygens (including phenoxy) is 1. The van der Waals surface area contributed by atoms with Crippen molar-refractivity contribution >= 4 is 23.0 Å². The van der Waals surface area contributed by atoms with Gasteiger partial charge in [-0.05, 0) is 34.7 Å². The van der Waals surface area contributed by atoms with E-state index >= 15 is 0 Å². The quantitative estimate of drug-likeness (QED) is 0.672. The summed E-state index contributed by atoms with van der Waals surface area (Å²) >= 11 is 1.43. The zero-order valence-electron chi connectivity index (χ0n) is 14.3. The Morgan fingerprint density at radius 3 is 2.69 bits per heavy atom. The number of hydrazone groups is 1. The molecule has 0 radical (unpaired) electrons.